The minimum Gasteiger partial charge on any atom is -0.496 e. The summed E-state index contributed by atoms with van der Waals surface area (Å²) in [6.45, 7) is 0. The lowest BCUT2D eigenvalue weighted by Crippen LogP contribution is -1.90. The Morgan fingerprint density at radius 2 is 1.36 bits per heavy atom. The minimum atomic E-state index is 0.927. The second-order valence-corrected chi connectivity index (χ2v) is 5.40. The highest BCUT2D eigenvalue weighted by molar-refractivity contribution is 6.08. The van der Waals surface area contributed by atoms with Crippen molar-refractivity contribution in [3.63, 3.8) is 0 Å². The maximum atomic E-state index is 5.62. The molecule has 0 saturated heterocycles. The first-order chi connectivity index (χ1) is 10.9. The van der Waals surface area contributed by atoms with Crippen molar-refractivity contribution >= 4 is 11.6 Å². The summed E-state index contributed by atoms with van der Waals surface area (Å²) in [6, 6.07) is 25.2. The van der Waals surface area contributed by atoms with Gasteiger partial charge in [0.2, 0.25) is 0 Å². The topological polar surface area (TPSA) is 9.23 Å². The fraction of sp³-hybridized carbons (Fsp3) is 0.0476. The molecule has 0 heterocycles. The molecule has 1 nitrogen and oxygen atoms in total. The summed E-state index contributed by atoms with van der Waals surface area (Å²) >= 11 is 0. The lowest BCUT2D eigenvalue weighted by Gasteiger charge is -2.09. The number of hydrogen-bond donors (Lipinski definition) is 0. The molecule has 0 saturated carbocycles. The van der Waals surface area contributed by atoms with Crippen LogP contribution in [0.15, 0.2) is 72.8 Å². The van der Waals surface area contributed by atoms with Gasteiger partial charge in [-0.15, -0.1) is 0 Å². The molecular formula is C21H16O. The number of ether oxygens (including phenoxy) is 1. The molecule has 0 aliphatic heterocycles. The van der Waals surface area contributed by atoms with Gasteiger partial charge >= 0.3 is 0 Å². The molecule has 0 bridgehead atoms. The number of methoxy groups -OCH3 is 1. The number of rotatable bonds is 2. The molecule has 0 N–H and O–H groups in total. The summed E-state index contributed by atoms with van der Waals surface area (Å²) in [4.78, 5) is 0. The predicted octanol–water partition coefficient (Wildman–Crippen LogP) is 5.26. The van der Waals surface area contributed by atoms with Crippen LogP contribution in [0.25, 0.3) is 22.8 Å². The minimum absolute atomic E-state index is 0.927. The molecule has 1 aliphatic rings. The highest BCUT2D eigenvalue weighted by Crippen LogP contribution is 2.48. The third-order valence-electron chi connectivity index (χ3n) is 4.13. The maximum absolute atomic E-state index is 5.62. The van der Waals surface area contributed by atoms with Gasteiger partial charge in [0.1, 0.15) is 5.75 Å². The van der Waals surface area contributed by atoms with Gasteiger partial charge in [-0.1, -0.05) is 66.7 Å². The van der Waals surface area contributed by atoms with Crippen LogP contribution in [0.1, 0.15) is 16.7 Å². The van der Waals surface area contributed by atoms with Gasteiger partial charge in [0.15, 0.2) is 0 Å². The van der Waals surface area contributed by atoms with Crippen molar-refractivity contribution < 1.29 is 4.74 Å². The SMILES string of the molecule is COc1cccc2c1/C(=C\c1ccccc1)c1ccccc1-2. The summed E-state index contributed by atoms with van der Waals surface area (Å²) in [5.41, 5.74) is 7.41. The van der Waals surface area contributed by atoms with E-state index in [1.807, 2.05) is 12.1 Å². The Kier molecular flexibility index (Phi) is 3.05. The zero-order valence-electron chi connectivity index (χ0n) is 12.4. The molecule has 0 amide bonds. The quantitative estimate of drug-likeness (QED) is 0.487. The highest BCUT2D eigenvalue weighted by Gasteiger charge is 2.25. The Labute approximate surface area is 130 Å². The normalized spacial score (nSPS) is 13.8. The first-order valence-electron chi connectivity index (χ1n) is 7.42. The second-order valence-electron chi connectivity index (χ2n) is 5.40. The highest BCUT2D eigenvalue weighted by atomic mass is 16.5. The average molecular weight is 284 g/mol. The van der Waals surface area contributed by atoms with Crippen LogP contribution in [0.2, 0.25) is 0 Å². The van der Waals surface area contributed by atoms with Crippen molar-refractivity contribution in [1.82, 2.24) is 0 Å². The van der Waals surface area contributed by atoms with E-state index in [0.717, 1.165) is 5.75 Å². The lowest BCUT2D eigenvalue weighted by molar-refractivity contribution is 0.414. The molecule has 1 heteroatoms. The molecule has 3 aromatic rings. The van der Waals surface area contributed by atoms with E-state index in [2.05, 4.69) is 66.7 Å². The Balaban J connectivity index is 2.02. The molecule has 0 aromatic heterocycles. The van der Waals surface area contributed by atoms with Gasteiger partial charge in [0.05, 0.1) is 7.11 Å². The van der Waals surface area contributed by atoms with Crippen molar-refractivity contribution in [1.29, 1.82) is 0 Å². The third-order valence-corrected chi connectivity index (χ3v) is 4.13. The molecule has 3 aromatic carbocycles. The zero-order valence-corrected chi connectivity index (χ0v) is 12.4. The summed E-state index contributed by atoms with van der Waals surface area (Å²) in [6.07, 6.45) is 2.24. The van der Waals surface area contributed by atoms with Crippen molar-refractivity contribution in [3.8, 4) is 16.9 Å². The van der Waals surface area contributed by atoms with E-state index in [1.165, 1.54) is 33.4 Å². The van der Waals surface area contributed by atoms with Crippen LogP contribution in [0, 0.1) is 0 Å². The van der Waals surface area contributed by atoms with Gasteiger partial charge in [-0.25, -0.2) is 0 Å². The van der Waals surface area contributed by atoms with E-state index in [9.17, 15) is 0 Å². The Morgan fingerprint density at radius 3 is 2.14 bits per heavy atom. The van der Waals surface area contributed by atoms with E-state index in [4.69, 9.17) is 4.74 Å². The molecule has 0 atom stereocenters. The van der Waals surface area contributed by atoms with Gasteiger partial charge in [-0.2, -0.15) is 0 Å². The van der Waals surface area contributed by atoms with Crippen LogP contribution in [-0.2, 0) is 0 Å². The lowest BCUT2D eigenvalue weighted by atomic mass is 10.0. The summed E-state index contributed by atoms with van der Waals surface area (Å²) in [5.74, 6) is 0.927. The number of benzene rings is 3. The summed E-state index contributed by atoms with van der Waals surface area (Å²) < 4.78 is 5.62. The van der Waals surface area contributed by atoms with Crippen molar-refractivity contribution in [2.75, 3.05) is 7.11 Å². The van der Waals surface area contributed by atoms with Crippen LogP contribution in [0.3, 0.4) is 0 Å². The molecule has 4 rings (SSSR count). The first-order valence-corrected chi connectivity index (χ1v) is 7.42. The van der Waals surface area contributed by atoms with E-state index in [0.29, 0.717) is 0 Å². The van der Waals surface area contributed by atoms with E-state index >= 15 is 0 Å². The summed E-state index contributed by atoms with van der Waals surface area (Å²) in [7, 11) is 1.73. The zero-order chi connectivity index (χ0) is 14.9. The van der Waals surface area contributed by atoms with E-state index < -0.39 is 0 Å². The van der Waals surface area contributed by atoms with Gasteiger partial charge in [-0.05, 0) is 40.0 Å². The van der Waals surface area contributed by atoms with Crippen LogP contribution >= 0.6 is 0 Å². The maximum Gasteiger partial charge on any atom is 0.127 e. The molecule has 106 valence electrons. The van der Waals surface area contributed by atoms with Gasteiger partial charge < -0.3 is 4.74 Å². The van der Waals surface area contributed by atoms with Crippen LogP contribution in [0.4, 0.5) is 0 Å². The number of fused-ring (bicyclic) bond motifs is 3. The Morgan fingerprint density at radius 1 is 0.682 bits per heavy atom. The first kappa shape index (κ1) is 12.9. The van der Waals surface area contributed by atoms with Gasteiger partial charge in [0, 0.05) is 5.56 Å². The molecule has 1 aliphatic carbocycles. The fourth-order valence-corrected chi connectivity index (χ4v) is 3.16. The smallest absolute Gasteiger partial charge is 0.127 e. The Hall–Kier alpha value is -2.80. The Bertz CT molecular complexity index is 860. The molecular weight excluding hydrogens is 268 g/mol. The van der Waals surface area contributed by atoms with Crippen molar-refractivity contribution in [2.45, 2.75) is 0 Å². The third kappa shape index (κ3) is 1.94. The molecule has 0 fully saturated rings. The van der Waals surface area contributed by atoms with E-state index in [-0.39, 0.29) is 0 Å². The van der Waals surface area contributed by atoms with Crippen molar-refractivity contribution in [3.05, 3.63) is 89.5 Å². The van der Waals surface area contributed by atoms with E-state index in [1.54, 1.807) is 7.11 Å². The fourth-order valence-electron chi connectivity index (χ4n) is 3.16. The van der Waals surface area contributed by atoms with Crippen LogP contribution in [0.5, 0.6) is 5.75 Å². The van der Waals surface area contributed by atoms with Crippen molar-refractivity contribution in [2.24, 2.45) is 0 Å². The van der Waals surface area contributed by atoms with Crippen LogP contribution < -0.4 is 4.74 Å². The largest absolute Gasteiger partial charge is 0.496 e. The molecule has 0 spiro atoms. The molecule has 0 radical (unpaired) electrons. The second kappa shape index (κ2) is 5.19. The molecule has 22 heavy (non-hydrogen) atoms. The average Bonchev–Trinajstić information content (AvgIpc) is 2.90. The predicted molar refractivity (Wildman–Crippen MR) is 91.8 cm³/mol. The summed E-state index contributed by atoms with van der Waals surface area (Å²) in [5, 5.41) is 0. The van der Waals surface area contributed by atoms with Gasteiger partial charge in [0.25, 0.3) is 0 Å². The van der Waals surface area contributed by atoms with Crippen LogP contribution in [-0.4, -0.2) is 7.11 Å². The monoisotopic (exact) mass is 284 g/mol. The standard InChI is InChI=1S/C21H16O/c1-22-20-13-7-12-18-16-10-5-6-11-17(16)19(21(18)20)14-15-8-3-2-4-9-15/h2-14H,1H3/b19-14-. The van der Waals surface area contributed by atoms with Gasteiger partial charge in [-0.3, -0.25) is 0 Å². The number of hydrogen-bond acceptors (Lipinski definition) is 1. The molecule has 0 unspecified atom stereocenters.